The van der Waals surface area contributed by atoms with Crippen LogP contribution in [-0.4, -0.2) is 29.9 Å². The Morgan fingerprint density at radius 1 is 0.377 bits per heavy atom. The standard InChI is InChI=1S/C21H13N2O.C15H11N2.2C12H10N.2Ir/c1-13-11-22-21(23-12-13)16-7-4-5-14-9-18-15-6-2-3-8-19(15)24-20(18)10-17(14)16;1-11-9-16-15(17-10-11)14-8-4-6-12-5-2-3-7-13(12)14;2*1-10-6-5-9-12(13-10)11-7-3-2-4-8-11;;/h2-6,8-12H,1H3;2-7,9-10H,1H3;2*2-7,9H,1H3;;/q4*-1;;. The first-order valence-electron chi connectivity index (χ1n) is 21.9. The number of pyridine rings is 2. The van der Waals surface area contributed by atoms with Gasteiger partial charge in [0.1, 0.15) is 11.2 Å². The van der Waals surface area contributed by atoms with Gasteiger partial charge in [0.25, 0.3) is 0 Å². The average Bonchev–Trinajstić information content (AvgIpc) is 3.74. The zero-order chi connectivity index (χ0) is 46.0. The Labute approximate surface area is 429 Å². The number of nitrogens with zero attached hydrogens (tertiary/aromatic N) is 6. The smallest absolute Gasteiger partial charge is 0.135 e. The molecule has 9 heteroatoms. The molecule has 342 valence electrons. The molecular weight excluding hydrogens is 1210 g/mol. The van der Waals surface area contributed by atoms with Gasteiger partial charge in [-0.25, -0.2) is 0 Å². The van der Waals surface area contributed by atoms with E-state index in [1.165, 1.54) is 5.39 Å². The van der Waals surface area contributed by atoms with Crippen LogP contribution in [-0.2, 0) is 40.2 Å². The van der Waals surface area contributed by atoms with E-state index in [2.05, 4.69) is 90.6 Å². The molecule has 0 spiro atoms. The van der Waals surface area contributed by atoms with Crippen LogP contribution in [0.3, 0.4) is 0 Å². The summed E-state index contributed by atoms with van der Waals surface area (Å²) in [6.07, 6.45) is 7.32. The summed E-state index contributed by atoms with van der Waals surface area (Å²) in [7, 11) is 0. The molecule has 7 nitrogen and oxygen atoms in total. The summed E-state index contributed by atoms with van der Waals surface area (Å²) >= 11 is 0. The quantitative estimate of drug-likeness (QED) is 0.162. The molecule has 0 aliphatic heterocycles. The van der Waals surface area contributed by atoms with Gasteiger partial charge in [-0.1, -0.05) is 101 Å². The third-order valence-corrected chi connectivity index (χ3v) is 10.8. The summed E-state index contributed by atoms with van der Waals surface area (Å²) in [6.45, 7) is 7.95. The summed E-state index contributed by atoms with van der Waals surface area (Å²) in [5.41, 5.74) is 11.9. The molecule has 0 atom stereocenters. The Morgan fingerprint density at radius 3 is 1.41 bits per heavy atom. The van der Waals surface area contributed by atoms with Crippen molar-refractivity contribution in [3.05, 3.63) is 241 Å². The van der Waals surface area contributed by atoms with Crippen LogP contribution in [0.5, 0.6) is 0 Å². The predicted molar refractivity (Wildman–Crippen MR) is 271 cm³/mol. The van der Waals surface area contributed by atoms with Crippen molar-refractivity contribution in [2.24, 2.45) is 0 Å². The second-order valence-corrected chi connectivity index (χ2v) is 15.9. The number of aromatic nitrogens is 6. The molecule has 0 unspecified atom stereocenters. The molecule has 0 saturated heterocycles. The topological polar surface area (TPSA) is 90.5 Å². The number of benzene rings is 7. The second kappa shape index (κ2) is 23.6. The summed E-state index contributed by atoms with van der Waals surface area (Å²) in [6, 6.07) is 69.1. The molecule has 12 aromatic rings. The normalized spacial score (nSPS) is 10.4. The Morgan fingerprint density at radius 2 is 0.870 bits per heavy atom. The fourth-order valence-corrected chi connectivity index (χ4v) is 7.50. The van der Waals surface area contributed by atoms with Gasteiger partial charge in [-0.15, -0.1) is 119 Å². The summed E-state index contributed by atoms with van der Waals surface area (Å²) in [5.74, 6) is 1.41. The van der Waals surface area contributed by atoms with Crippen LogP contribution in [0.2, 0.25) is 0 Å². The van der Waals surface area contributed by atoms with Crippen molar-refractivity contribution in [3.63, 3.8) is 0 Å². The van der Waals surface area contributed by atoms with Crippen molar-refractivity contribution in [2.45, 2.75) is 27.7 Å². The molecule has 2 radical (unpaired) electrons. The van der Waals surface area contributed by atoms with Gasteiger partial charge in [0.15, 0.2) is 0 Å². The van der Waals surface area contributed by atoms with Crippen molar-refractivity contribution in [3.8, 4) is 45.3 Å². The molecule has 0 fully saturated rings. The van der Waals surface area contributed by atoms with Crippen LogP contribution in [0.25, 0.3) is 88.8 Å². The maximum absolute atomic E-state index is 6.02. The average molecular weight is 1250 g/mol. The van der Waals surface area contributed by atoms with E-state index in [1.807, 2.05) is 186 Å². The molecule has 5 aromatic heterocycles. The molecule has 0 aliphatic rings. The maximum Gasteiger partial charge on any atom is 0.135 e. The zero-order valence-corrected chi connectivity index (χ0v) is 43.0. The van der Waals surface area contributed by atoms with Crippen molar-refractivity contribution in [1.82, 2.24) is 29.9 Å². The molecule has 5 heterocycles. The van der Waals surface area contributed by atoms with Crippen molar-refractivity contribution in [2.75, 3.05) is 0 Å². The first-order valence-corrected chi connectivity index (χ1v) is 21.9. The Kier molecular flexibility index (Phi) is 16.9. The van der Waals surface area contributed by atoms with Crippen molar-refractivity contribution < 1.29 is 44.6 Å². The number of hydrogen-bond donors (Lipinski definition) is 0. The minimum atomic E-state index is 0. The molecule has 69 heavy (non-hydrogen) atoms. The molecule has 0 amide bonds. The van der Waals surface area contributed by atoms with Gasteiger partial charge >= 0.3 is 0 Å². The monoisotopic (exact) mass is 1250 g/mol. The van der Waals surface area contributed by atoms with Crippen LogP contribution in [0.1, 0.15) is 22.5 Å². The Balaban J connectivity index is 0.000000139. The van der Waals surface area contributed by atoms with E-state index in [1.54, 1.807) is 0 Å². The molecule has 0 aliphatic carbocycles. The van der Waals surface area contributed by atoms with Crippen molar-refractivity contribution in [1.29, 1.82) is 0 Å². The van der Waals surface area contributed by atoms with E-state index >= 15 is 0 Å². The fraction of sp³-hybridized carbons (Fsp3) is 0.0667. The molecule has 7 aromatic carbocycles. The number of aryl methyl sites for hydroxylation is 4. The van der Waals surface area contributed by atoms with E-state index < -0.39 is 0 Å². The van der Waals surface area contributed by atoms with Crippen LogP contribution in [0.4, 0.5) is 0 Å². The fourth-order valence-electron chi connectivity index (χ4n) is 7.50. The zero-order valence-electron chi connectivity index (χ0n) is 38.2. The van der Waals surface area contributed by atoms with Crippen LogP contribution in [0, 0.1) is 52.0 Å². The van der Waals surface area contributed by atoms with E-state index in [4.69, 9.17) is 4.42 Å². The van der Waals surface area contributed by atoms with E-state index in [9.17, 15) is 0 Å². The van der Waals surface area contributed by atoms with E-state index in [0.717, 1.165) is 100 Å². The van der Waals surface area contributed by atoms with Gasteiger partial charge in [0, 0.05) is 87.2 Å². The van der Waals surface area contributed by atoms with E-state index in [0.29, 0.717) is 5.82 Å². The minimum Gasteiger partial charge on any atom is -0.457 e. The SMILES string of the molecule is Cc1cccc(-c2[c-]cccc2)n1.Cc1cccc(-c2[c-]cccc2)n1.Cc1cnc(-c2[c-]ccc3cc4c(cc23)oc2ccccc24)nc1.Cc1cnc(-c2[c-]ccc3ccccc23)nc1.[Ir].[Ir]. The Bertz CT molecular complexity index is 3480. The molecule has 0 N–H and O–H groups in total. The molecule has 0 bridgehead atoms. The number of rotatable bonds is 4. The van der Waals surface area contributed by atoms with Gasteiger partial charge < -0.3 is 14.4 Å². The van der Waals surface area contributed by atoms with Gasteiger partial charge in [0.2, 0.25) is 0 Å². The largest absolute Gasteiger partial charge is 0.457 e. The third kappa shape index (κ3) is 12.2. The van der Waals surface area contributed by atoms with Gasteiger partial charge in [-0.2, -0.15) is 0 Å². The first-order chi connectivity index (χ1) is 32.9. The number of hydrogen-bond acceptors (Lipinski definition) is 7. The predicted octanol–water partition coefficient (Wildman–Crippen LogP) is 14.4. The molecule has 0 saturated carbocycles. The number of para-hydroxylation sites is 1. The number of fused-ring (bicyclic) bond motifs is 5. The maximum atomic E-state index is 6.02. The van der Waals surface area contributed by atoms with Crippen molar-refractivity contribution >= 4 is 43.5 Å². The summed E-state index contributed by atoms with van der Waals surface area (Å²) < 4.78 is 6.02. The third-order valence-electron chi connectivity index (χ3n) is 10.8. The van der Waals surface area contributed by atoms with Crippen LogP contribution in [0.15, 0.2) is 199 Å². The summed E-state index contributed by atoms with van der Waals surface area (Å²) in [5, 5.41) is 6.76. The minimum absolute atomic E-state index is 0. The van der Waals surface area contributed by atoms with E-state index in [-0.39, 0.29) is 40.2 Å². The number of furan rings is 1. The molecule has 12 rings (SSSR count). The second-order valence-electron chi connectivity index (χ2n) is 15.9. The molecular formula is C60H44Ir2N6O-4. The van der Waals surface area contributed by atoms with Gasteiger partial charge in [0.05, 0.1) is 11.6 Å². The van der Waals surface area contributed by atoms with Crippen LogP contribution >= 0.6 is 0 Å². The van der Waals surface area contributed by atoms with Gasteiger partial charge in [-0.05, 0) is 68.4 Å². The first kappa shape index (κ1) is 49.5. The van der Waals surface area contributed by atoms with Gasteiger partial charge in [-0.3, -0.25) is 19.9 Å². The Hall–Kier alpha value is -7.38. The van der Waals surface area contributed by atoms with Crippen LogP contribution < -0.4 is 0 Å². The summed E-state index contributed by atoms with van der Waals surface area (Å²) in [4.78, 5) is 26.4.